The molecule has 0 saturated carbocycles. The van der Waals surface area contributed by atoms with E-state index in [1.807, 2.05) is 67.6 Å². The molecule has 0 bridgehead atoms. The molecule has 1 aliphatic heterocycles. The number of benzene rings is 2. The van der Waals surface area contributed by atoms with Crippen molar-refractivity contribution in [3.63, 3.8) is 0 Å². The van der Waals surface area contributed by atoms with Crippen LogP contribution < -0.4 is 4.74 Å². The Balaban J connectivity index is 1.41. The van der Waals surface area contributed by atoms with E-state index in [0.717, 1.165) is 11.1 Å². The van der Waals surface area contributed by atoms with Crippen LogP contribution >= 0.6 is 0 Å². The molecule has 2 heterocycles. The second-order valence-corrected chi connectivity index (χ2v) is 7.17. The number of nitrogens with zero attached hydrogens (tertiary/aromatic N) is 1. The number of morpholine rings is 1. The van der Waals surface area contributed by atoms with Gasteiger partial charge in [-0.05, 0) is 31.2 Å². The van der Waals surface area contributed by atoms with Crippen molar-refractivity contribution in [3.05, 3.63) is 77.6 Å². The third-order valence-electron chi connectivity index (χ3n) is 5.07. The zero-order valence-corrected chi connectivity index (χ0v) is 16.8. The Labute approximate surface area is 176 Å². The molecule has 30 heavy (non-hydrogen) atoms. The Bertz CT molecular complexity index is 1060. The lowest BCUT2D eigenvalue weighted by molar-refractivity contribution is -0.0401. The minimum atomic E-state index is -0.210. The quantitative estimate of drug-likeness (QED) is 0.603. The van der Waals surface area contributed by atoms with Gasteiger partial charge in [0, 0.05) is 17.7 Å². The van der Waals surface area contributed by atoms with Crippen LogP contribution in [-0.2, 0) is 4.74 Å². The van der Waals surface area contributed by atoms with Crippen LogP contribution in [0.15, 0.2) is 65.1 Å². The van der Waals surface area contributed by atoms with Crippen molar-refractivity contribution in [1.82, 2.24) is 4.90 Å². The minimum absolute atomic E-state index is 0.0546. The fraction of sp³-hybridized carbons (Fsp3) is 0.240. The number of ether oxygens (including phenoxy) is 2. The predicted molar refractivity (Wildman–Crippen MR) is 114 cm³/mol. The third kappa shape index (κ3) is 4.40. The number of terminal acetylenes is 1. The van der Waals surface area contributed by atoms with Crippen molar-refractivity contribution >= 4 is 5.91 Å². The molecule has 1 unspecified atom stereocenters. The fourth-order valence-corrected chi connectivity index (χ4v) is 3.48. The molecule has 1 amide bonds. The van der Waals surface area contributed by atoms with Crippen LogP contribution in [0.25, 0.3) is 11.3 Å². The van der Waals surface area contributed by atoms with E-state index in [1.165, 1.54) is 0 Å². The van der Waals surface area contributed by atoms with Gasteiger partial charge in [-0.1, -0.05) is 42.3 Å². The molecule has 3 aromatic rings. The number of amides is 1. The molecule has 1 atom stereocenters. The van der Waals surface area contributed by atoms with E-state index in [0.29, 0.717) is 49.1 Å². The van der Waals surface area contributed by atoms with Crippen LogP contribution in [0.3, 0.4) is 0 Å². The summed E-state index contributed by atoms with van der Waals surface area (Å²) in [7, 11) is 0. The number of carbonyl (C=O) groups excluding carboxylic acids is 1. The van der Waals surface area contributed by atoms with Gasteiger partial charge in [-0.25, -0.2) is 0 Å². The summed E-state index contributed by atoms with van der Waals surface area (Å²) in [5.41, 5.74) is 2.29. The number of hydrogen-bond acceptors (Lipinski definition) is 4. The van der Waals surface area contributed by atoms with Gasteiger partial charge < -0.3 is 18.8 Å². The fourth-order valence-electron chi connectivity index (χ4n) is 3.48. The van der Waals surface area contributed by atoms with Gasteiger partial charge in [0.1, 0.15) is 30.0 Å². The first kappa shape index (κ1) is 19.8. The lowest BCUT2D eigenvalue weighted by Gasteiger charge is -2.32. The molecule has 0 N–H and O–H groups in total. The standard InChI is InChI=1S/C25H23NO4/c1-3-19-8-7-11-21(14-19)29-17-22-16-26(12-13-28-22)25(27)23-15-24(30-18(23)2)20-9-5-4-6-10-20/h1,4-11,14-15,22H,12-13,16-17H2,2H3. The van der Waals surface area contributed by atoms with E-state index in [4.69, 9.17) is 20.3 Å². The van der Waals surface area contributed by atoms with E-state index in [-0.39, 0.29) is 12.0 Å². The monoisotopic (exact) mass is 401 g/mol. The maximum atomic E-state index is 13.1. The molecule has 4 rings (SSSR count). The first-order valence-electron chi connectivity index (χ1n) is 9.90. The largest absolute Gasteiger partial charge is 0.491 e. The van der Waals surface area contributed by atoms with Gasteiger partial charge in [-0.3, -0.25) is 4.79 Å². The first-order valence-corrected chi connectivity index (χ1v) is 9.90. The summed E-state index contributed by atoms with van der Waals surface area (Å²) in [4.78, 5) is 14.9. The summed E-state index contributed by atoms with van der Waals surface area (Å²) in [6, 6.07) is 19.0. The van der Waals surface area contributed by atoms with Crippen LogP contribution in [0.4, 0.5) is 0 Å². The lowest BCUT2D eigenvalue weighted by atomic mass is 10.1. The summed E-state index contributed by atoms with van der Waals surface area (Å²) >= 11 is 0. The van der Waals surface area contributed by atoms with Crippen LogP contribution in [0.5, 0.6) is 5.75 Å². The molecule has 1 aromatic heterocycles. The van der Waals surface area contributed by atoms with E-state index >= 15 is 0 Å². The third-order valence-corrected chi connectivity index (χ3v) is 5.07. The number of carbonyl (C=O) groups is 1. The molecular formula is C25H23NO4. The highest BCUT2D eigenvalue weighted by Gasteiger charge is 2.28. The zero-order chi connectivity index (χ0) is 20.9. The molecule has 0 spiro atoms. The molecule has 5 nitrogen and oxygen atoms in total. The van der Waals surface area contributed by atoms with E-state index < -0.39 is 0 Å². The first-order chi connectivity index (χ1) is 14.6. The molecule has 1 aliphatic rings. The number of aryl methyl sites for hydroxylation is 1. The summed E-state index contributed by atoms with van der Waals surface area (Å²) < 4.78 is 17.5. The van der Waals surface area contributed by atoms with Crippen molar-refractivity contribution in [2.75, 3.05) is 26.3 Å². The zero-order valence-electron chi connectivity index (χ0n) is 16.8. The van der Waals surface area contributed by atoms with Crippen LogP contribution in [-0.4, -0.2) is 43.2 Å². The van der Waals surface area contributed by atoms with Crippen LogP contribution in [0.1, 0.15) is 21.7 Å². The van der Waals surface area contributed by atoms with Gasteiger partial charge in [0.2, 0.25) is 0 Å². The summed E-state index contributed by atoms with van der Waals surface area (Å²) in [6.07, 6.45) is 5.22. The van der Waals surface area contributed by atoms with Gasteiger partial charge in [-0.15, -0.1) is 6.42 Å². The maximum absolute atomic E-state index is 13.1. The van der Waals surface area contributed by atoms with Crippen molar-refractivity contribution < 1.29 is 18.7 Å². The topological polar surface area (TPSA) is 51.9 Å². The molecular weight excluding hydrogens is 378 g/mol. The molecule has 1 fully saturated rings. The second-order valence-electron chi connectivity index (χ2n) is 7.17. The highest BCUT2D eigenvalue weighted by atomic mass is 16.5. The minimum Gasteiger partial charge on any atom is -0.491 e. The van der Waals surface area contributed by atoms with Gasteiger partial charge >= 0.3 is 0 Å². The summed E-state index contributed by atoms with van der Waals surface area (Å²) in [5, 5.41) is 0. The number of rotatable bonds is 5. The Hall–Kier alpha value is -3.49. The Morgan fingerprint density at radius 3 is 2.83 bits per heavy atom. The van der Waals surface area contributed by atoms with Gasteiger partial charge in [0.25, 0.3) is 5.91 Å². The maximum Gasteiger partial charge on any atom is 0.257 e. The number of furan rings is 1. The van der Waals surface area contributed by atoms with Crippen molar-refractivity contribution in [2.45, 2.75) is 13.0 Å². The molecule has 152 valence electrons. The summed E-state index contributed by atoms with van der Waals surface area (Å²) in [5.74, 6) is 4.53. The Morgan fingerprint density at radius 2 is 2.03 bits per heavy atom. The van der Waals surface area contributed by atoms with E-state index in [2.05, 4.69) is 5.92 Å². The molecule has 0 radical (unpaired) electrons. The van der Waals surface area contributed by atoms with Crippen molar-refractivity contribution in [2.24, 2.45) is 0 Å². The van der Waals surface area contributed by atoms with Gasteiger partial charge in [0.05, 0.1) is 18.7 Å². The Morgan fingerprint density at radius 1 is 1.20 bits per heavy atom. The Kier molecular flexibility index (Phi) is 5.87. The molecule has 1 saturated heterocycles. The van der Waals surface area contributed by atoms with Crippen LogP contribution in [0, 0.1) is 19.3 Å². The molecule has 2 aromatic carbocycles. The predicted octanol–water partition coefficient (Wildman–Crippen LogP) is 4.16. The van der Waals surface area contributed by atoms with Crippen molar-refractivity contribution in [3.8, 4) is 29.4 Å². The van der Waals surface area contributed by atoms with E-state index in [1.54, 1.807) is 4.90 Å². The van der Waals surface area contributed by atoms with Crippen molar-refractivity contribution in [1.29, 1.82) is 0 Å². The molecule has 0 aliphatic carbocycles. The highest BCUT2D eigenvalue weighted by Crippen LogP contribution is 2.26. The molecule has 5 heteroatoms. The average Bonchev–Trinajstić information content (AvgIpc) is 3.19. The smallest absolute Gasteiger partial charge is 0.257 e. The average molecular weight is 401 g/mol. The SMILES string of the molecule is C#Cc1cccc(OCC2CN(C(=O)c3cc(-c4ccccc4)oc3C)CCO2)c1. The van der Waals surface area contributed by atoms with E-state index in [9.17, 15) is 4.79 Å². The van der Waals surface area contributed by atoms with Gasteiger partial charge in [0.15, 0.2) is 0 Å². The van der Waals surface area contributed by atoms with Gasteiger partial charge in [-0.2, -0.15) is 0 Å². The second kappa shape index (κ2) is 8.89. The summed E-state index contributed by atoms with van der Waals surface area (Å²) in [6.45, 7) is 3.62. The number of hydrogen-bond donors (Lipinski definition) is 0. The normalized spacial score (nSPS) is 16.1. The van der Waals surface area contributed by atoms with Crippen LogP contribution in [0.2, 0.25) is 0 Å². The highest BCUT2D eigenvalue weighted by molar-refractivity contribution is 5.96. The lowest BCUT2D eigenvalue weighted by Crippen LogP contribution is -2.47.